The molecule has 2 aliphatic rings. The number of rotatable bonds is 13. The molecule has 0 saturated carbocycles. The van der Waals surface area contributed by atoms with Crippen LogP contribution in [0.2, 0.25) is 5.02 Å². The summed E-state index contributed by atoms with van der Waals surface area (Å²) in [6.07, 6.45) is 7.26. The Morgan fingerprint density at radius 1 is 0.936 bits per heavy atom. The fourth-order valence-electron chi connectivity index (χ4n) is 5.86. The molecule has 0 atom stereocenters. The number of piperidine rings is 1. The molecule has 6 rings (SSSR count). The molecule has 3 heterocycles. The third-order valence-corrected chi connectivity index (χ3v) is 9.65. The van der Waals surface area contributed by atoms with Crippen molar-refractivity contribution in [2.24, 2.45) is 0 Å². The maximum absolute atomic E-state index is 10.9. The van der Waals surface area contributed by atoms with E-state index < -0.39 is 5.97 Å². The summed E-state index contributed by atoms with van der Waals surface area (Å²) in [6.45, 7) is 6.71. The zero-order valence-corrected chi connectivity index (χ0v) is 28.1. The lowest BCUT2D eigenvalue weighted by Crippen LogP contribution is -2.29. The Kier molecular flexibility index (Phi) is 11.1. The molecule has 10 heteroatoms. The summed E-state index contributed by atoms with van der Waals surface area (Å²) in [5.41, 5.74) is 6.25. The van der Waals surface area contributed by atoms with Crippen molar-refractivity contribution in [2.45, 2.75) is 57.3 Å². The average molecular weight is 675 g/mol. The van der Waals surface area contributed by atoms with Gasteiger partial charge in [-0.15, -0.1) is 11.8 Å². The molecule has 0 radical (unpaired) electrons. The van der Waals surface area contributed by atoms with Gasteiger partial charge in [-0.25, -0.2) is 0 Å². The summed E-state index contributed by atoms with van der Waals surface area (Å²) in [5, 5.41) is 9.52. The largest absolute Gasteiger partial charge is 0.488 e. The molecular weight excluding hydrogens is 636 g/mol. The van der Waals surface area contributed by atoms with E-state index in [-0.39, 0.29) is 6.42 Å². The molecule has 8 nitrogen and oxygen atoms in total. The first-order chi connectivity index (χ1) is 22.9. The van der Waals surface area contributed by atoms with Crippen LogP contribution in [0.15, 0.2) is 71.9 Å². The van der Waals surface area contributed by atoms with E-state index in [4.69, 9.17) is 35.7 Å². The number of carbonyl (C=O) groups is 1. The summed E-state index contributed by atoms with van der Waals surface area (Å²) in [4.78, 5) is 18.6. The zero-order valence-electron chi connectivity index (χ0n) is 26.5. The molecule has 47 heavy (non-hydrogen) atoms. The summed E-state index contributed by atoms with van der Waals surface area (Å²) in [5.74, 6) is 2.49. The lowest BCUT2D eigenvalue weighted by atomic mass is 9.96. The standard InChI is InChI=1S/C37H39ClN2O6S/c1-25-28(6-5-7-31(25)27-8-9-33-36(18-27)44-14-13-43-33)24-46-35-19-34(29(17-32(35)38)22-40-11-3-2-4-12-40)45-23-26-16-30(21-39-20-26)47-15-10-37(41)42/h5-9,16-21H,2-4,10-15,22-24H2,1H3,(H,41,42). The minimum atomic E-state index is -0.810. The number of pyridine rings is 1. The van der Waals surface area contributed by atoms with Crippen molar-refractivity contribution in [1.29, 1.82) is 0 Å². The number of fused-ring (bicyclic) bond motifs is 1. The van der Waals surface area contributed by atoms with E-state index in [9.17, 15) is 4.79 Å². The van der Waals surface area contributed by atoms with Gasteiger partial charge in [-0.05, 0) is 79.4 Å². The molecule has 0 spiro atoms. The van der Waals surface area contributed by atoms with Crippen molar-refractivity contribution in [2.75, 3.05) is 32.1 Å². The lowest BCUT2D eigenvalue weighted by molar-refractivity contribution is -0.136. The molecule has 0 unspecified atom stereocenters. The van der Waals surface area contributed by atoms with Gasteiger partial charge in [-0.3, -0.25) is 14.7 Å². The second-order valence-electron chi connectivity index (χ2n) is 11.8. The lowest BCUT2D eigenvalue weighted by Gasteiger charge is -2.27. The predicted octanol–water partition coefficient (Wildman–Crippen LogP) is 8.19. The SMILES string of the molecule is Cc1c(COc2cc(OCc3cncc(SCCC(=O)O)c3)c(CN3CCCCC3)cc2Cl)cccc1-c1ccc2c(c1)OCCO2. The fraction of sp³-hybridized carbons (Fsp3) is 0.351. The number of aliphatic carboxylic acids is 1. The molecule has 0 amide bonds. The number of carboxylic acids is 1. The van der Waals surface area contributed by atoms with Crippen molar-refractivity contribution < 1.29 is 28.8 Å². The average Bonchev–Trinajstić information content (AvgIpc) is 3.08. The Labute approximate surface area is 285 Å². The van der Waals surface area contributed by atoms with Crippen LogP contribution in [0.5, 0.6) is 23.0 Å². The quantitative estimate of drug-likeness (QED) is 0.141. The molecule has 0 bridgehead atoms. The maximum atomic E-state index is 10.9. The molecule has 4 aromatic rings. The van der Waals surface area contributed by atoms with E-state index in [1.54, 1.807) is 12.4 Å². The van der Waals surface area contributed by atoms with Gasteiger partial charge in [-0.2, -0.15) is 0 Å². The van der Waals surface area contributed by atoms with E-state index in [0.717, 1.165) is 75.2 Å². The molecular formula is C37H39ClN2O6S. The van der Waals surface area contributed by atoms with Gasteiger partial charge in [0.15, 0.2) is 11.5 Å². The van der Waals surface area contributed by atoms with Gasteiger partial charge < -0.3 is 24.1 Å². The zero-order chi connectivity index (χ0) is 32.6. The van der Waals surface area contributed by atoms with Crippen molar-refractivity contribution in [3.8, 4) is 34.1 Å². The van der Waals surface area contributed by atoms with Crippen LogP contribution in [-0.2, 0) is 24.6 Å². The van der Waals surface area contributed by atoms with Crippen LogP contribution in [-0.4, -0.2) is 53.0 Å². The molecule has 0 aliphatic carbocycles. The van der Waals surface area contributed by atoms with Crippen LogP contribution in [0.4, 0.5) is 0 Å². The number of aromatic nitrogens is 1. The van der Waals surface area contributed by atoms with E-state index in [1.807, 2.05) is 36.4 Å². The van der Waals surface area contributed by atoms with Crippen molar-refractivity contribution >= 4 is 29.3 Å². The van der Waals surface area contributed by atoms with Gasteiger partial charge in [0, 0.05) is 46.8 Å². The van der Waals surface area contributed by atoms with Crippen LogP contribution >= 0.6 is 23.4 Å². The van der Waals surface area contributed by atoms with Crippen LogP contribution in [0.3, 0.4) is 0 Å². The first-order valence-electron chi connectivity index (χ1n) is 16.0. The minimum absolute atomic E-state index is 0.0983. The maximum Gasteiger partial charge on any atom is 0.304 e. The number of ether oxygens (including phenoxy) is 4. The van der Waals surface area contributed by atoms with E-state index in [0.29, 0.717) is 43.0 Å². The number of hydrogen-bond donors (Lipinski definition) is 1. The summed E-state index contributed by atoms with van der Waals surface area (Å²) in [7, 11) is 0. The van der Waals surface area contributed by atoms with Gasteiger partial charge in [0.1, 0.15) is 37.9 Å². The highest BCUT2D eigenvalue weighted by Gasteiger charge is 2.18. The third kappa shape index (κ3) is 8.71. The Morgan fingerprint density at radius 3 is 2.57 bits per heavy atom. The normalized spacial score (nSPS) is 14.5. The highest BCUT2D eigenvalue weighted by molar-refractivity contribution is 7.99. The Balaban J connectivity index is 1.19. The molecule has 1 aromatic heterocycles. The van der Waals surface area contributed by atoms with Crippen LogP contribution in [0, 0.1) is 6.92 Å². The van der Waals surface area contributed by atoms with E-state index in [1.165, 1.54) is 31.0 Å². The van der Waals surface area contributed by atoms with Crippen molar-refractivity contribution in [3.63, 3.8) is 0 Å². The monoisotopic (exact) mass is 674 g/mol. The summed E-state index contributed by atoms with van der Waals surface area (Å²) in [6, 6.07) is 18.1. The molecule has 1 saturated heterocycles. The first kappa shape index (κ1) is 33.0. The third-order valence-electron chi connectivity index (χ3n) is 8.39. The first-order valence-corrected chi connectivity index (χ1v) is 17.4. The number of likely N-dealkylation sites (tertiary alicyclic amines) is 1. The number of carboxylic acid groups (broad SMARTS) is 1. The molecule has 3 aromatic carbocycles. The van der Waals surface area contributed by atoms with Crippen molar-refractivity contribution in [1.82, 2.24) is 9.88 Å². The number of halogens is 1. The second kappa shape index (κ2) is 15.8. The van der Waals surface area contributed by atoms with Crippen molar-refractivity contribution in [3.05, 3.63) is 94.3 Å². The number of thioether (sulfide) groups is 1. The van der Waals surface area contributed by atoms with Gasteiger partial charge in [0.05, 0.1) is 11.4 Å². The van der Waals surface area contributed by atoms with Gasteiger partial charge in [0.25, 0.3) is 0 Å². The van der Waals surface area contributed by atoms with E-state index >= 15 is 0 Å². The topological polar surface area (TPSA) is 90.4 Å². The Morgan fingerprint density at radius 2 is 1.74 bits per heavy atom. The highest BCUT2D eigenvalue weighted by Crippen LogP contribution is 2.38. The van der Waals surface area contributed by atoms with Crippen LogP contribution in [0.1, 0.15) is 47.9 Å². The predicted molar refractivity (Wildman–Crippen MR) is 184 cm³/mol. The second-order valence-corrected chi connectivity index (χ2v) is 13.3. The van der Waals surface area contributed by atoms with Gasteiger partial charge in [0.2, 0.25) is 0 Å². The molecule has 2 aliphatic heterocycles. The Bertz CT molecular complexity index is 1710. The Hall–Kier alpha value is -3.92. The smallest absolute Gasteiger partial charge is 0.304 e. The van der Waals surface area contributed by atoms with E-state index in [2.05, 4.69) is 35.0 Å². The van der Waals surface area contributed by atoms with Crippen LogP contribution in [0.25, 0.3) is 11.1 Å². The van der Waals surface area contributed by atoms with Gasteiger partial charge >= 0.3 is 5.97 Å². The number of hydrogen-bond acceptors (Lipinski definition) is 8. The molecule has 1 N–H and O–H groups in total. The number of nitrogens with zero attached hydrogens (tertiary/aromatic N) is 2. The number of benzene rings is 3. The molecule has 246 valence electrons. The summed E-state index contributed by atoms with van der Waals surface area (Å²) < 4.78 is 24.3. The molecule has 1 fully saturated rings. The van der Waals surface area contributed by atoms with Crippen LogP contribution < -0.4 is 18.9 Å². The minimum Gasteiger partial charge on any atom is -0.488 e. The fourth-order valence-corrected chi connectivity index (χ4v) is 6.98. The summed E-state index contributed by atoms with van der Waals surface area (Å²) >= 11 is 8.32. The van der Waals surface area contributed by atoms with Gasteiger partial charge in [-0.1, -0.05) is 42.3 Å². The highest BCUT2D eigenvalue weighted by atomic mass is 35.5.